The SMILES string of the molecule is COc1ccccc1N1CCN(c2nc(C)cc(NCCC(C)C)n2)CC1. The number of ether oxygens (including phenoxy) is 1. The van der Waals surface area contributed by atoms with E-state index in [-0.39, 0.29) is 0 Å². The molecule has 0 aliphatic carbocycles. The van der Waals surface area contributed by atoms with E-state index < -0.39 is 0 Å². The van der Waals surface area contributed by atoms with Crippen LogP contribution in [0.5, 0.6) is 5.75 Å². The van der Waals surface area contributed by atoms with Crippen molar-refractivity contribution in [1.82, 2.24) is 9.97 Å². The molecule has 1 aliphatic rings. The maximum Gasteiger partial charge on any atom is 0.227 e. The predicted molar refractivity (Wildman–Crippen MR) is 112 cm³/mol. The average Bonchev–Trinajstić information content (AvgIpc) is 2.67. The monoisotopic (exact) mass is 369 g/mol. The molecule has 0 atom stereocenters. The molecule has 1 aliphatic heterocycles. The smallest absolute Gasteiger partial charge is 0.227 e. The van der Waals surface area contributed by atoms with Crippen LogP contribution in [0.1, 0.15) is 26.0 Å². The van der Waals surface area contributed by atoms with Crippen LogP contribution in [0.25, 0.3) is 0 Å². The van der Waals surface area contributed by atoms with Gasteiger partial charge in [0.1, 0.15) is 11.6 Å². The van der Waals surface area contributed by atoms with Gasteiger partial charge in [-0.05, 0) is 31.4 Å². The van der Waals surface area contributed by atoms with Gasteiger partial charge in [-0.25, -0.2) is 4.98 Å². The Morgan fingerprint density at radius 1 is 1.07 bits per heavy atom. The fourth-order valence-electron chi connectivity index (χ4n) is 3.31. The van der Waals surface area contributed by atoms with Crippen LogP contribution in [0, 0.1) is 12.8 Å². The summed E-state index contributed by atoms with van der Waals surface area (Å²) >= 11 is 0. The van der Waals surface area contributed by atoms with Gasteiger partial charge in [-0.1, -0.05) is 26.0 Å². The Hall–Kier alpha value is -2.50. The molecule has 6 nitrogen and oxygen atoms in total. The van der Waals surface area contributed by atoms with Crippen molar-refractivity contribution in [2.24, 2.45) is 5.92 Å². The highest BCUT2D eigenvalue weighted by atomic mass is 16.5. The number of piperazine rings is 1. The Bertz CT molecular complexity index is 741. The number of nitrogens with one attached hydrogen (secondary N) is 1. The molecule has 1 aromatic heterocycles. The first-order valence-electron chi connectivity index (χ1n) is 9.79. The third kappa shape index (κ3) is 5.02. The first-order valence-corrected chi connectivity index (χ1v) is 9.79. The second kappa shape index (κ2) is 8.93. The summed E-state index contributed by atoms with van der Waals surface area (Å²) in [5, 5.41) is 3.44. The summed E-state index contributed by atoms with van der Waals surface area (Å²) in [5.41, 5.74) is 2.15. The van der Waals surface area contributed by atoms with Gasteiger partial charge < -0.3 is 19.9 Å². The fraction of sp³-hybridized carbons (Fsp3) is 0.524. The Morgan fingerprint density at radius 3 is 2.48 bits per heavy atom. The molecule has 1 aromatic carbocycles. The minimum Gasteiger partial charge on any atom is -0.495 e. The summed E-state index contributed by atoms with van der Waals surface area (Å²) in [7, 11) is 1.73. The molecule has 2 heterocycles. The van der Waals surface area contributed by atoms with Crippen LogP contribution >= 0.6 is 0 Å². The molecule has 6 heteroatoms. The number of methoxy groups -OCH3 is 1. The number of hydrogen-bond donors (Lipinski definition) is 1. The van der Waals surface area contributed by atoms with Crippen molar-refractivity contribution in [3.05, 3.63) is 36.0 Å². The summed E-state index contributed by atoms with van der Waals surface area (Å²) in [5.74, 6) is 3.35. The molecule has 0 saturated carbocycles. The quantitative estimate of drug-likeness (QED) is 0.805. The molecule has 0 amide bonds. The highest BCUT2D eigenvalue weighted by Gasteiger charge is 2.21. The molecule has 146 valence electrons. The van der Waals surface area contributed by atoms with Crippen LogP contribution in [0.3, 0.4) is 0 Å². The van der Waals surface area contributed by atoms with E-state index in [9.17, 15) is 0 Å². The van der Waals surface area contributed by atoms with Crippen molar-refractivity contribution in [3.8, 4) is 5.75 Å². The van der Waals surface area contributed by atoms with Gasteiger partial charge in [0.05, 0.1) is 12.8 Å². The average molecular weight is 370 g/mol. The van der Waals surface area contributed by atoms with Gasteiger partial charge in [-0.2, -0.15) is 4.98 Å². The largest absolute Gasteiger partial charge is 0.495 e. The second-order valence-electron chi connectivity index (χ2n) is 7.45. The van der Waals surface area contributed by atoms with Crippen LogP contribution in [0.2, 0.25) is 0 Å². The van der Waals surface area contributed by atoms with Crippen molar-refractivity contribution in [3.63, 3.8) is 0 Å². The van der Waals surface area contributed by atoms with Crippen molar-refractivity contribution in [2.45, 2.75) is 27.2 Å². The number of rotatable bonds is 7. The van der Waals surface area contributed by atoms with Crippen LogP contribution in [0.4, 0.5) is 17.5 Å². The number of aryl methyl sites for hydroxylation is 1. The summed E-state index contributed by atoms with van der Waals surface area (Å²) < 4.78 is 5.51. The number of para-hydroxylation sites is 2. The zero-order chi connectivity index (χ0) is 19.2. The minimum absolute atomic E-state index is 0.683. The van der Waals surface area contributed by atoms with Gasteiger partial charge in [0, 0.05) is 44.5 Å². The summed E-state index contributed by atoms with van der Waals surface area (Å²) in [6.45, 7) is 11.1. The first-order chi connectivity index (χ1) is 13.1. The number of hydrogen-bond acceptors (Lipinski definition) is 6. The molecule has 1 fully saturated rings. The molecule has 0 bridgehead atoms. The third-order valence-electron chi connectivity index (χ3n) is 4.86. The Morgan fingerprint density at radius 2 is 1.78 bits per heavy atom. The van der Waals surface area contributed by atoms with E-state index in [0.717, 1.165) is 68.0 Å². The van der Waals surface area contributed by atoms with Gasteiger partial charge in [0.15, 0.2) is 0 Å². The molecule has 1 saturated heterocycles. The Balaban J connectivity index is 1.64. The first kappa shape index (κ1) is 19.3. The zero-order valence-electron chi connectivity index (χ0n) is 16.9. The molecule has 0 unspecified atom stereocenters. The molecule has 0 radical (unpaired) electrons. The number of aromatic nitrogens is 2. The minimum atomic E-state index is 0.683. The normalized spacial score (nSPS) is 14.6. The Labute approximate surface area is 162 Å². The molecule has 3 rings (SSSR count). The van der Waals surface area contributed by atoms with E-state index in [2.05, 4.69) is 46.1 Å². The van der Waals surface area contributed by atoms with Gasteiger partial charge in [0.2, 0.25) is 5.95 Å². The summed E-state index contributed by atoms with van der Waals surface area (Å²) in [6, 6.07) is 10.2. The number of benzene rings is 1. The van der Waals surface area contributed by atoms with Crippen molar-refractivity contribution in [1.29, 1.82) is 0 Å². The number of nitrogens with zero attached hydrogens (tertiary/aromatic N) is 4. The molecule has 0 spiro atoms. The van der Waals surface area contributed by atoms with Gasteiger partial charge >= 0.3 is 0 Å². The zero-order valence-corrected chi connectivity index (χ0v) is 16.9. The van der Waals surface area contributed by atoms with Crippen LogP contribution < -0.4 is 19.9 Å². The third-order valence-corrected chi connectivity index (χ3v) is 4.86. The lowest BCUT2D eigenvalue weighted by atomic mass is 10.1. The van der Waals surface area contributed by atoms with E-state index >= 15 is 0 Å². The standard InChI is InChI=1S/C21H31N5O/c1-16(2)9-10-22-20-15-17(3)23-21(24-20)26-13-11-25(12-14-26)18-7-5-6-8-19(18)27-4/h5-8,15-16H,9-14H2,1-4H3,(H,22,23,24). The van der Waals surface area contributed by atoms with Gasteiger partial charge in [-0.3, -0.25) is 0 Å². The van der Waals surface area contributed by atoms with E-state index in [1.54, 1.807) is 7.11 Å². The van der Waals surface area contributed by atoms with E-state index in [0.29, 0.717) is 5.92 Å². The van der Waals surface area contributed by atoms with Gasteiger partial charge in [-0.15, -0.1) is 0 Å². The van der Waals surface area contributed by atoms with Crippen LogP contribution in [-0.4, -0.2) is 49.8 Å². The summed E-state index contributed by atoms with van der Waals surface area (Å²) in [6.07, 6.45) is 1.13. The van der Waals surface area contributed by atoms with E-state index in [1.165, 1.54) is 0 Å². The molecule has 2 aromatic rings. The highest BCUT2D eigenvalue weighted by molar-refractivity contribution is 5.59. The lowest BCUT2D eigenvalue weighted by Gasteiger charge is -2.36. The topological polar surface area (TPSA) is 53.5 Å². The predicted octanol–water partition coefficient (Wildman–Crippen LogP) is 3.58. The van der Waals surface area contributed by atoms with Crippen LogP contribution in [0.15, 0.2) is 30.3 Å². The lowest BCUT2D eigenvalue weighted by Crippen LogP contribution is -2.47. The Kier molecular flexibility index (Phi) is 6.37. The molecule has 27 heavy (non-hydrogen) atoms. The molecular weight excluding hydrogens is 338 g/mol. The van der Waals surface area contributed by atoms with Crippen LogP contribution in [-0.2, 0) is 0 Å². The maximum absolute atomic E-state index is 5.51. The van der Waals surface area contributed by atoms with Crippen molar-refractivity contribution >= 4 is 17.5 Å². The fourth-order valence-corrected chi connectivity index (χ4v) is 3.31. The van der Waals surface area contributed by atoms with Crippen molar-refractivity contribution in [2.75, 3.05) is 55.0 Å². The molecule has 1 N–H and O–H groups in total. The second-order valence-corrected chi connectivity index (χ2v) is 7.45. The van der Waals surface area contributed by atoms with Gasteiger partial charge in [0.25, 0.3) is 0 Å². The summed E-state index contributed by atoms with van der Waals surface area (Å²) in [4.78, 5) is 14.0. The lowest BCUT2D eigenvalue weighted by molar-refractivity contribution is 0.413. The van der Waals surface area contributed by atoms with Crippen molar-refractivity contribution < 1.29 is 4.74 Å². The molecular formula is C21H31N5O. The highest BCUT2D eigenvalue weighted by Crippen LogP contribution is 2.29. The van der Waals surface area contributed by atoms with E-state index in [4.69, 9.17) is 9.72 Å². The number of anilines is 3. The maximum atomic E-state index is 5.51. The van der Waals surface area contributed by atoms with E-state index in [1.807, 2.05) is 25.1 Å².